The van der Waals surface area contributed by atoms with Crippen molar-refractivity contribution >= 4 is 5.90 Å². The minimum absolute atomic E-state index is 0.0377. The fourth-order valence-corrected chi connectivity index (χ4v) is 1.52. The summed E-state index contributed by atoms with van der Waals surface area (Å²) in [7, 11) is 1.87. The number of benzene rings is 1. The van der Waals surface area contributed by atoms with Gasteiger partial charge in [-0.05, 0) is 12.6 Å². The normalized spacial score (nSPS) is 19.8. The van der Waals surface area contributed by atoms with Gasteiger partial charge in [-0.25, -0.2) is 4.99 Å². The van der Waals surface area contributed by atoms with Gasteiger partial charge in [-0.15, -0.1) is 5.48 Å². The third-order valence-corrected chi connectivity index (χ3v) is 2.21. The van der Waals surface area contributed by atoms with E-state index in [2.05, 4.69) is 27.9 Å². The van der Waals surface area contributed by atoms with Crippen molar-refractivity contribution in [2.75, 3.05) is 13.6 Å². The van der Waals surface area contributed by atoms with Gasteiger partial charge in [0.05, 0.1) is 6.54 Å². The molecule has 0 amide bonds. The minimum Gasteiger partial charge on any atom is -0.390 e. The van der Waals surface area contributed by atoms with Crippen LogP contribution in [0.3, 0.4) is 0 Å². The zero-order valence-corrected chi connectivity index (χ0v) is 8.73. The van der Waals surface area contributed by atoms with Crippen molar-refractivity contribution in [1.82, 2.24) is 10.8 Å². The first kappa shape index (κ1) is 10.1. The topological polar surface area (TPSA) is 45.7 Å². The summed E-state index contributed by atoms with van der Waals surface area (Å²) in [6.07, 6.45) is 0.893. The molecule has 1 aliphatic heterocycles. The number of aliphatic imine (C=N–C) groups is 1. The summed E-state index contributed by atoms with van der Waals surface area (Å²) in [5, 5.41) is 3.00. The van der Waals surface area contributed by atoms with Crippen LogP contribution in [0.1, 0.15) is 5.56 Å². The van der Waals surface area contributed by atoms with Crippen LogP contribution in [0.15, 0.2) is 35.3 Å². The molecule has 80 valence electrons. The number of likely N-dealkylation sites (N-methyl/N-ethyl adjacent to an activating group) is 1. The summed E-state index contributed by atoms with van der Waals surface area (Å²) in [5.74, 6) is 0.721. The van der Waals surface area contributed by atoms with E-state index in [-0.39, 0.29) is 6.17 Å². The van der Waals surface area contributed by atoms with Crippen LogP contribution in [0, 0.1) is 0 Å². The van der Waals surface area contributed by atoms with Crippen LogP contribution in [-0.4, -0.2) is 25.7 Å². The van der Waals surface area contributed by atoms with E-state index < -0.39 is 0 Å². The lowest BCUT2D eigenvalue weighted by atomic mass is 10.1. The maximum Gasteiger partial charge on any atom is 0.225 e. The van der Waals surface area contributed by atoms with Crippen LogP contribution in [0.5, 0.6) is 0 Å². The Morgan fingerprint density at radius 3 is 2.93 bits per heavy atom. The van der Waals surface area contributed by atoms with Gasteiger partial charge in [-0.3, -0.25) is 0 Å². The van der Waals surface area contributed by atoms with Crippen LogP contribution < -0.4 is 10.8 Å². The molecule has 0 aromatic heterocycles. The van der Waals surface area contributed by atoms with E-state index in [1.54, 1.807) is 0 Å². The Morgan fingerprint density at radius 1 is 1.40 bits per heavy atom. The first-order valence-corrected chi connectivity index (χ1v) is 5.06. The molecule has 15 heavy (non-hydrogen) atoms. The average Bonchev–Trinajstić information content (AvgIpc) is 2.68. The molecular weight excluding hydrogens is 190 g/mol. The summed E-state index contributed by atoms with van der Waals surface area (Å²) >= 11 is 0. The Bertz CT molecular complexity index is 337. The van der Waals surface area contributed by atoms with Crippen molar-refractivity contribution in [3.8, 4) is 0 Å². The lowest BCUT2D eigenvalue weighted by Crippen LogP contribution is -2.25. The van der Waals surface area contributed by atoms with Crippen LogP contribution in [0.25, 0.3) is 0 Å². The van der Waals surface area contributed by atoms with Crippen molar-refractivity contribution in [2.24, 2.45) is 4.99 Å². The van der Waals surface area contributed by atoms with Crippen LogP contribution >= 0.6 is 0 Å². The molecule has 1 heterocycles. The Balaban J connectivity index is 1.92. The quantitative estimate of drug-likeness (QED) is 0.761. The lowest BCUT2D eigenvalue weighted by Gasteiger charge is -2.05. The number of nitrogens with one attached hydrogen (secondary N) is 2. The number of rotatable bonds is 4. The van der Waals surface area contributed by atoms with Crippen LogP contribution in [0.2, 0.25) is 0 Å². The smallest absolute Gasteiger partial charge is 0.225 e. The highest BCUT2D eigenvalue weighted by atomic mass is 16.7. The van der Waals surface area contributed by atoms with Crippen molar-refractivity contribution in [2.45, 2.75) is 12.6 Å². The van der Waals surface area contributed by atoms with Gasteiger partial charge in [0, 0.05) is 6.42 Å². The summed E-state index contributed by atoms with van der Waals surface area (Å²) in [4.78, 5) is 9.61. The molecule has 1 aromatic carbocycles. The number of hydrogen-bond donors (Lipinski definition) is 2. The molecule has 0 spiro atoms. The predicted octanol–water partition coefficient (Wildman–Crippen LogP) is 0.708. The van der Waals surface area contributed by atoms with Crippen LogP contribution in [-0.2, 0) is 11.3 Å². The van der Waals surface area contributed by atoms with Gasteiger partial charge in [-0.2, -0.15) is 0 Å². The highest BCUT2D eigenvalue weighted by molar-refractivity contribution is 5.79. The van der Waals surface area contributed by atoms with E-state index in [1.807, 2.05) is 25.2 Å². The zero-order valence-electron chi connectivity index (χ0n) is 8.73. The third kappa shape index (κ3) is 2.78. The van der Waals surface area contributed by atoms with Crippen LogP contribution in [0.4, 0.5) is 0 Å². The Kier molecular flexibility index (Phi) is 3.32. The molecule has 1 aromatic rings. The first-order valence-electron chi connectivity index (χ1n) is 5.06. The van der Waals surface area contributed by atoms with E-state index in [4.69, 9.17) is 4.84 Å². The summed E-state index contributed by atoms with van der Waals surface area (Å²) in [6.45, 7) is 0.665. The molecular formula is C11H15N3O. The molecule has 0 aliphatic carbocycles. The maximum absolute atomic E-state index is 5.22. The first-order chi connectivity index (χ1) is 7.38. The van der Waals surface area contributed by atoms with Gasteiger partial charge in [0.2, 0.25) is 5.90 Å². The highest BCUT2D eigenvalue weighted by Gasteiger charge is 2.17. The standard InChI is InChI=1S/C11H15N3O/c1-12-8-11-13-10(14-15-11)7-9-5-3-2-4-6-9/h2-6,10,12,14H,7-8H2,1H3. The van der Waals surface area contributed by atoms with Gasteiger partial charge in [0.1, 0.15) is 6.17 Å². The molecule has 2 rings (SSSR count). The van der Waals surface area contributed by atoms with E-state index in [1.165, 1.54) is 5.56 Å². The van der Waals surface area contributed by atoms with Crippen molar-refractivity contribution < 1.29 is 4.84 Å². The number of hydroxylamine groups is 1. The second-order valence-corrected chi connectivity index (χ2v) is 3.48. The summed E-state index contributed by atoms with van der Waals surface area (Å²) in [6, 6.07) is 10.3. The molecule has 0 radical (unpaired) electrons. The molecule has 0 bridgehead atoms. The largest absolute Gasteiger partial charge is 0.390 e. The van der Waals surface area contributed by atoms with E-state index in [9.17, 15) is 0 Å². The Labute approximate surface area is 89.3 Å². The SMILES string of the molecule is CNCC1=NC(Cc2ccccc2)NO1. The average molecular weight is 205 g/mol. The third-order valence-electron chi connectivity index (χ3n) is 2.21. The molecule has 0 saturated carbocycles. The second-order valence-electron chi connectivity index (χ2n) is 3.48. The van der Waals surface area contributed by atoms with E-state index in [0.29, 0.717) is 6.54 Å². The minimum atomic E-state index is 0.0377. The lowest BCUT2D eigenvalue weighted by molar-refractivity contribution is 0.175. The van der Waals surface area contributed by atoms with Gasteiger partial charge in [-0.1, -0.05) is 30.3 Å². The molecule has 2 N–H and O–H groups in total. The summed E-state index contributed by atoms with van der Waals surface area (Å²) in [5.41, 5.74) is 4.15. The van der Waals surface area contributed by atoms with Gasteiger partial charge in [0.25, 0.3) is 0 Å². The zero-order chi connectivity index (χ0) is 10.5. The Hall–Kier alpha value is -1.39. The monoisotopic (exact) mass is 205 g/mol. The maximum atomic E-state index is 5.22. The fourth-order valence-electron chi connectivity index (χ4n) is 1.52. The van der Waals surface area contributed by atoms with Crippen molar-refractivity contribution in [3.05, 3.63) is 35.9 Å². The van der Waals surface area contributed by atoms with Gasteiger partial charge in [0.15, 0.2) is 0 Å². The van der Waals surface area contributed by atoms with E-state index >= 15 is 0 Å². The Morgan fingerprint density at radius 2 is 2.20 bits per heavy atom. The van der Waals surface area contributed by atoms with Gasteiger partial charge >= 0.3 is 0 Å². The fraction of sp³-hybridized carbons (Fsp3) is 0.364. The molecule has 0 saturated heterocycles. The molecule has 4 nitrogen and oxygen atoms in total. The van der Waals surface area contributed by atoms with E-state index in [0.717, 1.165) is 12.3 Å². The highest BCUT2D eigenvalue weighted by Crippen LogP contribution is 2.07. The number of nitrogens with zero attached hydrogens (tertiary/aromatic N) is 1. The molecule has 0 fully saturated rings. The molecule has 1 unspecified atom stereocenters. The summed E-state index contributed by atoms with van der Waals surface area (Å²) < 4.78 is 0. The number of hydrogen-bond acceptors (Lipinski definition) is 4. The predicted molar refractivity (Wildman–Crippen MR) is 59.5 cm³/mol. The van der Waals surface area contributed by atoms with Crippen molar-refractivity contribution in [1.29, 1.82) is 0 Å². The molecule has 1 aliphatic rings. The molecule has 1 atom stereocenters. The second kappa shape index (κ2) is 4.91. The van der Waals surface area contributed by atoms with Crippen molar-refractivity contribution in [3.63, 3.8) is 0 Å². The van der Waals surface area contributed by atoms with Gasteiger partial charge < -0.3 is 10.2 Å². The molecule has 4 heteroatoms.